The van der Waals surface area contributed by atoms with Crippen molar-refractivity contribution in [1.29, 1.82) is 0 Å². The number of carbonyl (C=O) groups is 3. The number of methoxy groups -OCH3 is 1. The molecule has 11 heteroatoms. The Morgan fingerprint density at radius 1 is 0.907 bits per heavy atom. The predicted octanol–water partition coefficient (Wildman–Crippen LogP) is 5.05. The number of ether oxygens (including phenoxy) is 2. The minimum atomic E-state index is -0.872. The summed E-state index contributed by atoms with van der Waals surface area (Å²) < 4.78 is 10.9. The van der Waals surface area contributed by atoms with E-state index in [2.05, 4.69) is 27.8 Å². The molecule has 1 aliphatic carbocycles. The van der Waals surface area contributed by atoms with E-state index in [0.29, 0.717) is 44.8 Å². The highest BCUT2D eigenvalue weighted by Crippen LogP contribution is 2.30. The normalized spacial score (nSPS) is 20.4. The number of unbranched alkanes of at least 4 members (excludes halogenated alkanes) is 1. The molecule has 306 valence electrons. The summed E-state index contributed by atoms with van der Waals surface area (Å²) in [5.74, 6) is -0.126. The molecule has 3 fully saturated rings. The molecule has 3 aliphatic rings. The fraction of sp³-hybridized carbons (Fsp3) is 0.791. The van der Waals surface area contributed by atoms with Crippen molar-refractivity contribution in [3.63, 3.8) is 0 Å². The second-order valence-electron chi connectivity index (χ2n) is 16.5. The zero-order chi connectivity index (χ0) is 38.7. The molecular weight excluding hydrogens is 683 g/mol. The first-order valence-corrected chi connectivity index (χ1v) is 21.4. The van der Waals surface area contributed by atoms with Gasteiger partial charge in [-0.3, -0.25) is 19.7 Å². The van der Waals surface area contributed by atoms with E-state index in [0.717, 1.165) is 76.6 Å². The third-order valence-electron chi connectivity index (χ3n) is 12.0. The molecule has 3 amide bonds. The first kappa shape index (κ1) is 44.1. The third kappa shape index (κ3) is 14.8. The fourth-order valence-electron chi connectivity index (χ4n) is 8.59. The van der Waals surface area contributed by atoms with Gasteiger partial charge < -0.3 is 35.0 Å². The molecule has 2 saturated heterocycles. The maximum absolute atomic E-state index is 14.4. The van der Waals surface area contributed by atoms with Gasteiger partial charge in [0.05, 0.1) is 30.3 Å². The zero-order valence-electron chi connectivity index (χ0n) is 33.9. The highest BCUT2D eigenvalue weighted by molar-refractivity contribution is 5.86. The first-order valence-electron chi connectivity index (χ1n) is 21.4. The largest absolute Gasteiger partial charge is 0.391 e. The molecular formula is C43H73N5O6. The van der Waals surface area contributed by atoms with Crippen molar-refractivity contribution in [3.8, 4) is 0 Å². The van der Waals surface area contributed by atoms with Crippen LogP contribution in [0.2, 0.25) is 0 Å². The number of hydrogen-bond donors (Lipinski definition) is 4. The summed E-state index contributed by atoms with van der Waals surface area (Å²) in [5, 5.41) is 21.9. The second-order valence-corrected chi connectivity index (χ2v) is 16.5. The van der Waals surface area contributed by atoms with Crippen LogP contribution < -0.4 is 16.0 Å². The highest BCUT2D eigenvalue weighted by atomic mass is 16.7. The molecule has 0 aromatic heterocycles. The topological polar surface area (TPSA) is 132 Å². The number of rotatable bonds is 23. The predicted molar refractivity (Wildman–Crippen MR) is 214 cm³/mol. The lowest BCUT2D eigenvalue weighted by atomic mass is 9.81. The monoisotopic (exact) mass is 756 g/mol. The lowest BCUT2D eigenvalue weighted by Gasteiger charge is -2.36. The minimum Gasteiger partial charge on any atom is -0.391 e. The number of carbonyl (C=O) groups excluding carboxylic acids is 3. The summed E-state index contributed by atoms with van der Waals surface area (Å²) in [6.45, 7) is 11.2. The van der Waals surface area contributed by atoms with E-state index in [1.54, 1.807) is 7.11 Å². The van der Waals surface area contributed by atoms with E-state index in [1.165, 1.54) is 19.3 Å². The quantitative estimate of drug-likeness (QED) is 0.114. The van der Waals surface area contributed by atoms with Crippen molar-refractivity contribution < 1.29 is 29.0 Å². The molecule has 4 N–H and O–H groups in total. The summed E-state index contributed by atoms with van der Waals surface area (Å²) in [6.07, 6.45) is 12.6. The van der Waals surface area contributed by atoms with E-state index in [1.807, 2.05) is 49.1 Å². The van der Waals surface area contributed by atoms with E-state index >= 15 is 0 Å². The average molecular weight is 756 g/mol. The zero-order valence-corrected chi connectivity index (χ0v) is 33.9. The molecule has 0 spiro atoms. The fourth-order valence-corrected chi connectivity index (χ4v) is 8.59. The van der Waals surface area contributed by atoms with Gasteiger partial charge >= 0.3 is 0 Å². The van der Waals surface area contributed by atoms with Gasteiger partial charge in [-0.2, -0.15) is 0 Å². The summed E-state index contributed by atoms with van der Waals surface area (Å²) in [5.41, 5.74) is 1.03. The molecule has 4 rings (SSSR count). The smallest absolute Gasteiger partial charge is 0.240 e. The number of likely N-dealkylation sites (tertiary alicyclic amines) is 2. The number of aliphatic hydroxyl groups excluding tert-OH is 1. The van der Waals surface area contributed by atoms with Crippen LogP contribution in [0.15, 0.2) is 30.3 Å². The van der Waals surface area contributed by atoms with E-state index in [4.69, 9.17) is 9.47 Å². The van der Waals surface area contributed by atoms with E-state index in [9.17, 15) is 19.5 Å². The van der Waals surface area contributed by atoms with Crippen LogP contribution in [0.5, 0.6) is 0 Å². The maximum Gasteiger partial charge on any atom is 0.240 e. The number of hydrogen-bond acceptors (Lipinski definition) is 8. The molecule has 0 unspecified atom stereocenters. The standard InChI is InChI=1S/C43H73N5O6/c1-5-6-19-37(45-39(29-34-17-11-8-12-18-34)43(52)48-25-20-35(21-26-48)54-31-53-4)42(51)46-38(28-33-15-9-7-10-16-33)40(49)30-36(32(2)3)41(50)44-22-27-47-23-13-14-24-47/h8,11-12,17-18,32-33,35-40,45,49H,5-7,9-10,13-16,19-31H2,1-4H3,(H,44,50)(H,46,51)/t36-,37-,38-,39-,40-/m0/s1. The summed E-state index contributed by atoms with van der Waals surface area (Å²) >= 11 is 0. The Bertz CT molecular complexity index is 1220. The molecule has 1 aromatic carbocycles. The number of aliphatic hydroxyl groups is 1. The molecule has 54 heavy (non-hydrogen) atoms. The third-order valence-corrected chi connectivity index (χ3v) is 12.0. The van der Waals surface area contributed by atoms with Gasteiger partial charge in [0.25, 0.3) is 0 Å². The van der Waals surface area contributed by atoms with Gasteiger partial charge in [-0.15, -0.1) is 0 Å². The number of benzene rings is 1. The lowest BCUT2D eigenvalue weighted by molar-refractivity contribution is -0.139. The Labute approximate surface area is 326 Å². The second kappa shape index (κ2) is 24.1. The summed E-state index contributed by atoms with van der Waals surface area (Å²) in [7, 11) is 1.61. The maximum atomic E-state index is 14.4. The average Bonchev–Trinajstić information content (AvgIpc) is 3.71. The van der Waals surface area contributed by atoms with Crippen molar-refractivity contribution in [3.05, 3.63) is 35.9 Å². The van der Waals surface area contributed by atoms with E-state index < -0.39 is 24.2 Å². The van der Waals surface area contributed by atoms with Gasteiger partial charge in [-0.25, -0.2) is 0 Å². The van der Waals surface area contributed by atoms with Crippen LogP contribution >= 0.6 is 0 Å². The molecule has 1 aromatic rings. The van der Waals surface area contributed by atoms with Gasteiger partial charge in [0, 0.05) is 39.2 Å². The molecule has 0 radical (unpaired) electrons. The van der Waals surface area contributed by atoms with Crippen LogP contribution in [-0.4, -0.2) is 116 Å². The Balaban J connectivity index is 1.48. The van der Waals surface area contributed by atoms with Gasteiger partial charge in [0.15, 0.2) is 0 Å². The number of amides is 3. The van der Waals surface area contributed by atoms with Crippen LogP contribution in [0.1, 0.15) is 116 Å². The van der Waals surface area contributed by atoms with Gasteiger partial charge in [-0.1, -0.05) is 96.0 Å². The molecule has 2 heterocycles. The summed E-state index contributed by atoms with van der Waals surface area (Å²) in [6, 6.07) is 8.29. The van der Waals surface area contributed by atoms with Crippen LogP contribution in [-0.2, 0) is 30.3 Å². The van der Waals surface area contributed by atoms with Crippen molar-refractivity contribution >= 4 is 17.7 Å². The highest BCUT2D eigenvalue weighted by Gasteiger charge is 2.36. The molecule has 1 saturated carbocycles. The Kier molecular flexibility index (Phi) is 19.7. The van der Waals surface area contributed by atoms with Gasteiger partial charge in [0.1, 0.15) is 6.79 Å². The van der Waals surface area contributed by atoms with Crippen molar-refractivity contribution in [1.82, 2.24) is 25.8 Å². The van der Waals surface area contributed by atoms with Crippen LogP contribution in [0.25, 0.3) is 0 Å². The molecule has 2 aliphatic heterocycles. The van der Waals surface area contributed by atoms with Crippen LogP contribution in [0, 0.1) is 17.8 Å². The first-order chi connectivity index (χ1) is 26.2. The number of nitrogens with one attached hydrogen (secondary N) is 3. The minimum absolute atomic E-state index is 0.00680. The van der Waals surface area contributed by atoms with Crippen molar-refractivity contribution in [2.45, 2.75) is 147 Å². The number of nitrogens with zero attached hydrogens (tertiary/aromatic N) is 2. The van der Waals surface area contributed by atoms with E-state index in [-0.39, 0.29) is 48.9 Å². The molecule has 0 bridgehead atoms. The molecule has 5 atom stereocenters. The molecule has 11 nitrogen and oxygen atoms in total. The Hall–Kier alpha value is -2.57. The summed E-state index contributed by atoms with van der Waals surface area (Å²) in [4.78, 5) is 46.5. The van der Waals surface area contributed by atoms with Crippen LogP contribution in [0.4, 0.5) is 0 Å². The van der Waals surface area contributed by atoms with Crippen molar-refractivity contribution in [2.24, 2.45) is 17.8 Å². The SMILES string of the molecule is CCCC[C@H](N[C@@H](Cc1ccccc1)C(=O)N1CCC(OCOC)CC1)C(=O)N[C@@H](CC1CCCCC1)[C@@H](O)C[C@H](C(=O)NCCN1CCCC1)C(C)C. The Morgan fingerprint density at radius 2 is 1.61 bits per heavy atom. The lowest BCUT2D eigenvalue weighted by Crippen LogP contribution is -2.58. The van der Waals surface area contributed by atoms with Gasteiger partial charge in [0.2, 0.25) is 17.7 Å². The van der Waals surface area contributed by atoms with Gasteiger partial charge in [-0.05, 0) is 81.9 Å². The Morgan fingerprint density at radius 3 is 2.26 bits per heavy atom. The van der Waals surface area contributed by atoms with Crippen LogP contribution in [0.3, 0.4) is 0 Å². The number of piperidine rings is 1. The van der Waals surface area contributed by atoms with Crippen molar-refractivity contribution in [2.75, 3.05) is 53.2 Å².